The van der Waals surface area contributed by atoms with Crippen molar-refractivity contribution in [3.8, 4) is 0 Å². The normalized spacial score (nSPS) is 17.7. The van der Waals surface area contributed by atoms with Crippen LogP contribution in [0.1, 0.15) is 18.9 Å². The van der Waals surface area contributed by atoms with Crippen LogP contribution in [0.15, 0.2) is 17.6 Å². The van der Waals surface area contributed by atoms with E-state index in [0.717, 1.165) is 11.2 Å². The second kappa shape index (κ2) is 2.31. The fraction of sp³-hybridized carbons (Fsp3) is 0.571. The zero-order valence-corrected chi connectivity index (χ0v) is 6.77. The van der Waals surface area contributed by atoms with Gasteiger partial charge in [-0.25, -0.2) is 4.98 Å². The lowest BCUT2D eigenvalue weighted by Crippen LogP contribution is -1.92. The Balaban J connectivity index is 2.28. The maximum atomic E-state index is 4.22. The van der Waals surface area contributed by atoms with Crippen molar-refractivity contribution in [3.05, 3.63) is 12.4 Å². The summed E-state index contributed by atoms with van der Waals surface area (Å²) in [7, 11) is 0. The highest BCUT2D eigenvalue weighted by atomic mass is 32.2. The van der Waals surface area contributed by atoms with Crippen molar-refractivity contribution < 1.29 is 0 Å². The van der Waals surface area contributed by atoms with E-state index in [4.69, 9.17) is 0 Å². The van der Waals surface area contributed by atoms with Crippen LogP contribution in [0, 0.1) is 0 Å². The van der Waals surface area contributed by atoms with Gasteiger partial charge in [-0.15, -0.1) is 0 Å². The van der Waals surface area contributed by atoms with Crippen molar-refractivity contribution in [1.29, 1.82) is 0 Å². The molecule has 0 spiro atoms. The summed E-state index contributed by atoms with van der Waals surface area (Å²) in [5, 5.41) is 1.16. The molecule has 0 saturated heterocycles. The SMILES string of the molecule is CSc1nccn1C1CC1. The van der Waals surface area contributed by atoms with E-state index in [2.05, 4.69) is 22.0 Å². The largest absolute Gasteiger partial charge is 0.323 e. The summed E-state index contributed by atoms with van der Waals surface area (Å²) in [5.74, 6) is 0. The molecule has 54 valence electrons. The van der Waals surface area contributed by atoms with Gasteiger partial charge in [0.05, 0.1) is 0 Å². The second-order valence-corrected chi connectivity index (χ2v) is 3.33. The second-order valence-electron chi connectivity index (χ2n) is 2.55. The molecule has 0 aliphatic heterocycles. The Bertz CT molecular complexity index is 227. The molecule has 0 N–H and O–H groups in total. The third-order valence-corrected chi connectivity index (χ3v) is 2.44. The van der Waals surface area contributed by atoms with E-state index in [9.17, 15) is 0 Å². The Morgan fingerprint density at radius 3 is 3.10 bits per heavy atom. The lowest BCUT2D eigenvalue weighted by atomic mass is 10.7. The molecule has 3 heteroatoms. The van der Waals surface area contributed by atoms with Crippen molar-refractivity contribution >= 4 is 11.8 Å². The molecular formula is C7H10N2S. The molecule has 0 radical (unpaired) electrons. The predicted molar refractivity (Wildman–Crippen MR) is 42.3 cm³/mol. The molecule has 0 unspecified atom stereocenters. The summed E-state index contributed by atoms with van der Waals surface area (Å²) in [5.41, 5.74) is 0. The Hall–Kier alpha value is -0.440. The minimum atomic E-state index is 0.768. The summed E-state index contributed by atoms with van der Waals surface area (Å²) >= 11 is 1.72. The van der Waals surface area contributed by atoms with Gasteiger partial charge in [-0.1, -0.05) is 11.8 Å². The molecule has 1 fully saturated rings. The Labute approximate surface area is 64.6 Å². The van der Waals surface area contributed by atoms with Gasteiger partial charge in [0.1, 0.15) is 0 Å². The van der Waals surface area contributed by atoms with E-state index in [-0.39, 0.29) is 0 Å². The van der Waals surface area contributed by atoms with Crippen molar-refractivity contribution in [3.63, 3.8) is 0 Å². The molecule has 0 atom stereocenters. The van der Waals surface area contributed by atoms with Gasteiger partial charge in [-0.2, -0.15) is 0 Å². The average Bonchev–Trinajstić information content (AvgIpc) is 2.69. The fourth-order valence-corrected chi connectivity index (χ4v) is 1.68. The van der Waals surface area contributed by atoms with E-state index in [1.54, 1.807) is 11.8 Å². The number of thioether (sulfide) groups is 1. The van der Waals surface area contributed by atoms with Crippen LogP contribution in [-0.2, 0) is 0 Å². The highest BCUT2D eigenvalue weighted by molar-refractivity contribution is 7.98. The smallest absolute Gasteiger partial charge is 0.167 e. The van der Waals surface area contributed by atoms with E-state index in [0.29, 0.717) is 0 Å². The van der Waals surface area contributed by atoms with Crippen LogP contribution in [0.3, 0.4) is 0 Å². The maximum absolute atomic E-state index is 4.22. The lowest BCUT2D eigenvalue weighted by Gasteiger charge is -2.00. The van der Waals surface area contributed by atoms with Crippen molar-refractivity contribution in [2.75, 3.05) is 6.26 Å². The standard InChI is InChI=1S/C7H10N2S/c1-10-7-8-4-5-9(7)6-2-3-6/h4-6H,2-3H2,1H3. The number of nitrogens with zero attached hydrogens (tertiary/aromatic N) is 2. The summed E-state index contributed by atoms with van der Waals surface area (Å²) in [6.45, 7) is 0. The Morgan fingerprint density at radius 1 is 1.70 bits per heavy atom. The highest BCUT2D eigenvalue weighted by Crippen LogP contribution is 2.37. The van der Waals surface area contributed by atoms with Crippen LogP contribution in [-0.4, -0.2) is 15.8 Å². The van der Waals surface area contributed by atoms with Crippen LogP contribution in [0.25, 0.3) is 0 Å². The summed E-state index contributed by atoms with van der Waals surface area (Å²) in [6, 6.07) is 0.768. The third kappa shape index (κ3) is 0.944. The molecule has 1 aromatic heterocycles. The number of imidazole rings is 1. The van der Waals surface area contributed by atoms with Gasteiger partial charge in [0.2, 0.25) is 0 Å². The van der Waals surface area contributed by atoms with E-state index >= 15 is 0 Å². The van der Waals surface area contributed by atoms with E-state index < -0.39 is 0 Å². The van der Waals surface area contributed by atoms with Crippen LogP contribution in [0.5, 0.6) is 0 Å². The zero-order chi connectivity index (χ0) is 6.97. The molecule has 1 saturated carbocycles. The highest BCUT2D eigenvalue weighted by Gasteiger charge is 2.24. The molecule has 0 bridgehead atoms. The van der Waals surface area contributed by atoms with Gasteiger partial charge in [0.15, 0.2) is 5.16 Å². The number of aromatic nitrogens is 2. The van der Waals surface area contributed by atoms with E-state index in [1.807, 2.05) is 6.20 Å². The first-order valence-electron chi connectivity index (χ1n) is 3.48. The first-order valence-corrected chi connectivity index (χ1v) is 4.71. The monoisotopic (exact) mass is 154 g/mol. The van der Waals surface area contributed by atoms with Crippen molar-refractivity contribution in [1.82, 2.24) is 9.55 Å². The number of hydrogen-bond acceptors (Lipinski definition) is 2. The summed E-state index contributed by atoms with van der Waals surface area (Å²) < 4.78 is 2.27. The molecule has 1 heterocycles. The van der Waals surface area contributed by atoms with Crippen LogP contribution < -0.4 is 0 Å². The van der Waals surface area contributed by atoms with Crippen LogP contribution in [0.4, 0.5) is 0 Å². The molecule has 0 amide bonds. The maximum Gasteiger partial charge on any atom is 0.167 e. The van der Waals surface area contributed by atoms with Gasteiger partial charge in [0.25, 0.3) is 0 Å². The van der Waals surface area contributed by atoms with Crippen molar-refractivity contribution in [2.24, 2.45) is 0 Å². The number of rotatable bonds is 2. The first-order chi connectivity index (χ1) is 4.92. The minimum Gasteiger partial charge on any atom is -0.323 e. The fourth-order valence-electron chi connectivity index (χ4n) is 1.09. The summed E-state index contributed by atoms with van der Waals surface area (Å²) in [4.78, 5) is 4.22. The molecular weight excluding hydrogens is 144 g/mol. The van der Waals surface area contributed by atoms with Gasteiger partial charge in [0, 0.05) is 18.4 Å². The topological polar surface area (TPSA) is 17.8 Å². The molecule has 0 aromatic carbocycles. The van der Waals surface area contributed by atoms with Crippen LogP contribution >= 0.6 is 11.8 Å². The van der Waals surface area contributed by atoms with Gasteiger partial charge in [-0.05, 0) is 19.1 Å². The average molecular weight is 154 g/mol. The third-order valence-electron chi connectivity index (χ3n) is 1.76. The Morgan fingerprint density at radius 2 is 2.50 bits per heavy atom. The molecule has 10 heavy (non-hydrogen) atoms. The molecule has 1 aliphatic rings. The first kappa shape index (κ1) is 6.28. The molecule has 2 rings (SSSR count). The number of hydrogen-bond donors (Lipinski definition) is 0. The van der Waals surface area contributed by atoms with E-state index in [1.165, 1.54) is 12.8 Å². The van der Waals surface area contributed by atoms with Gasteiger partial charge in [-0.3, -0.25) is 0 Å². The molecule has 1 aliphatic carbocycles. The molecule has 2 nitrogen and oxygen atoms in total. The predicted octanol–water partition coefficient (Wildman–Crippen LogP) is 1.94. The van der Waals surface area contributed by atoms with Gasteiger partial charge >= 0.3 is 0 Å². The van der Waals surface area contributed by atoms with Gasteiger partial charge < -0.3 is 4.57 Å². The zero-order valence-electron chi connectivity index (χ0n) is 5.95. The summed E-state index contributed by atoms with van der Waals surface area (Å²) in [6.07, 6.45) is 8.70. The Kier molecular flexibility index (Phi) is 1.45. The van der Waals surface area contributed by atoms with Crippen LogP contribution in [0.2, 0.25) is 0 Å². The quantitative estimate of drug-likeness (QED) is 0.606. The minimum absolute atomic E-state index is 0.768. The van der Waals surface area contributed by atoms with Crippen molar-refractivity contribution in [2.45, 2.75) is 24.0 Å². The molecule has 1 aromatic rings. The lowest BCUT2D eigenvalue weighted by molar-refractivity contribution is 0.663.